The van der Waals surface area contributed by atoms with Crippen LogP contribution in [0.4, 0.5) is 0 Å². The topological polar surface area (TPSA) is 52.6 Å². The molecule has 0 fully saturated rings. The lowest BCUT2D eigenvalue weighted by Gasteiger charge is -2.07. The molecule has 2 aromatic carbocycles. The van der Waals surface area contributed by atoms with E-state index >= 15 is 0 Å². The van der Waals surface area contributed by atoms with Crippen LogP contribution in [0.15, 0.2) is 36.4 Å². The maximum absolute atomic E-state index is 12.0. The average molecular weight is 328 g/mol. The number of hydrogen-bond donors (Lipinski definition) is 0. The highest BCUT2D eigenvalue weighted by atomic mass is 16.5. The molecule has 0 aromatic heterocycles. The molecule has 0 radical (unpaired) electrons. The summed E-state index contributed by atoms with van der Waals surface area (Å²) in [7, 11) is 0. The lowest BCUT2D eigenvalue weighted by molar-refractivity contribution is 0.0491. The molecular formula is C20H24O4. The highest BCUT2D eigenvalue weighted by Crippen LogP contribution is 2.19. The van der Waals surface area contributed by atoms with Gasteiger partial charge in [0.2, 0.25) is 0 Å². The van der Waals surface area contributed by atoms with Crippen molar-refractivity contribution >= 4 is 22.7 Å². The van der Waals surface area contributed by atoms with Crippen LogP contribution in [-0.4, -0.2) is 25.2 Å². The third-order valence-electron chi connectivity index (χ3n) is 3.77. The summed E-state index contributed by atoms with van der Waals surface area (Å²) in [6.07, 6.45) is 3.67. The van der Waals surface area contributed by atoms with E-state index in [0.717, 1.165) is 36.5 Å². The van der Waals surface area contributed by atoms with Gasteiger partial charge in [0.1, 0.15) is 0 Å². The first kappa shape index (κ1) is 18.0. The molecule has 0 atom stereocenters. The zero-order valence-electron chi connectivity index (χ0n) is 14.3. The zero-order valence-corrected chi connectivity index (χ0v) is 14.3. The molecule has 4 heteroatoms. The van der Waals surface area contributed by atoms with E-state index in [1.54, 1.807) is 24.3 Å². The predicted molar refractivity (Wildman–Crippen MR) is 94.3 cm³/mol. The number of ether oxygens (including phenoxy) is 2. The quantitative estimate of drug-likeness (QED) is 0.518. The van der Waals surface area contributed by atoms with E-state index in [4.69, 9.17) is 9.47 Å². The molecule has 0 aliphatic carbocycles. The fraction of sp³-hybridized carbons (Fsp3) is 0.400. The fourth-order valence-corrected chi connectivity index (χ4v) is 2.29. The van der Waals surface area contributed by atoms with Crippen LogP contribution in [0.1, 0.15) is 60.2 Å². The minimum atomic E-state index is -0.332. The molecule has 0 bridgehead atoms. The van der Waals surface area contributed by atoms with Crippen LogP contribution in [0.5, 0.6) is 0 Å². The van der Waals surface area contributed by atoms with E-state index in [1.165, 1.54) is 0 Å². The lowest BCUT2D eigenvalue weighted by atomic mass is 10.0. The Hall–Kier alpha value is -2.36. The maximum atomic E-state index is 12.0. The number of unbranched alkanes of at least 4 members (excludes halogenated alkanes) is 2. The molecule has 0 aliphatic heterocycles. The molecule has 2 aromatic rings. The molecule has 0 saturated carbocycles. The Labute approximate surface area is 142 Å². The number of carbonyl (C=O) groups is 2. The van der Waals surface area contributed by atoms with E-state index in [1.807, 2.05) is 26.0 Å². The smallest absolute Gasteiger partial charge is 0.338 e. The van der Waals surface area contributed by atoms with Crippen molar-refractivity contribution < 1.29 is 19.1 Å². The first-order valence-electron chi connectivity index (χ1n) is 8.53. The summed E-state index contributed by atoms with van der Waals surface area (Å²) in [5, 5.41) is 1.79. The molecule has 0 heterocycles. The highest BCUT2D eigenvalue weighted by molar-refractivity contribution is 5.99. The average Bonchev–Trinajstić information content (AvgIpc) is 2.61. The highest BCUT2D eigenvalue weighted by Gasteiger charge is 2.11. The molecule has 2 rings (SSSR count). The zero-order chi connectivity index (χ0) is 17.4. The Kier molecular flexibility index (Phi) is 6.79. The van der Waals surface area contributed by atoms with E-state index in [2.05, 4.69) is 0 Å². The van der Waals surface area contributed by atoms with Gasteiger partial charge in [0, 0.05) is 0 Å². The number of esters is 2. The Bertz CT molecular complexity index is 649. The van der Waals surface area contributed by atoms with Crippen molar-refractivity contribution in [2.75, 3.05) is 13.2 Å². The van der Waals surface area contributed by atoms with Gasteiger partial charge in [-0.05, 0) is 47.9 Å². The molecule has 128 valence electrons. The SMILES string of the molecule is CCCCOC(=O)c1ccc2ccc(C(=O)OCCCC)cc2c1. The van der Waals surface area contributed by atoms with Crippen molar-refractivity contribution in [3.63, 3.8) is 0 Å². The summed E-state index contributed by atoms with van der Waals surface area (Å²) >= 11 is 0. The van der Waals surface area contributed by atoms with Gasteiger partial charge in [-0.1, -0.05) is 38.8 Å². The second-order valence-electron chi connectivity index (χ2n) is 5.76. The maximum Gasteiger partial charge on any atom is 0.338 e. The number of rotatable bonds is 8. The van der Waals surface area contributed by atoms with Gasteiger partial charge in [-0.25, -0.2) is 9.59 Å². The Morgan fingerprint density at radius 1 is 0.750 bits per heavy atom. The molecule has 0 saturated heterocycles. The molecule has 24 heavy (non-hydrogen) atoms. The van der Waals surface area contributed by atoms with Gasteiger partial charge in [0.15, 0.2) is 0 Å². The van der Waals surface area contributed by atoms with E-state index < -0.39 is 0 Å². The summed E-state index contributed by atoms with van der Waals surface area (Å²) in [4.78, 5) is 24.1. The van der Waals surface area contributed by atoms with Crippen LogP contribution in [-0.2, 0) is 9.47 Å². The number of carbonyl (C=O) groups excluding carboxylic acids is 2. The number of hydrogen-bond acceptors (Lipinski definition) is 4. The molecule has 0 spiro atoms. The van der Waals surface area contributed by atoms with Crippen LogP contribution in [0.25, 0.3) is 10.8 Å². The Morgan fingerprint density at radius 2 is 1.21 bits per heavy atom. The third-order valence-corrected chi connectivity index (χ3v) is 3.77. The summed E-state index contributed by atoms with van der Waals surface area (Å²) in [5.74, 6) is -0.664. The van der Waals surface area contributed by atoms with Crippen LogP contribution in [0.2, 0.25) is 0 Å². The molecule has 0 aliphatic rings. The van der Waals surface area contributed by atoms with Gasteiger partial charge in [0.05, 0.1) is 24.3 Å². The third kappa shape index (κ3) is 4.82. The summed E-state index contributed by atoms with van der Waals surface area (Å²) < 4.78 is 10.5. The van der Waals surface area contributed by atoms with E-state index in [0.29, 0.717) is 24.3 Å². The van der Waals surface area contributed by atoms with Gasteiger partial charge < -0.3 is 9.47 Å². The van der Waals surface area contributed by atoms with Crippen molar-refractivity contribution in [2.45, 2.75) is 39.5 Å². The van der Waals surface area contributed by atoms with Crippen LogP contribution < -0.4 is 0 Å². The van der Waals surface area contributed by atoms with Gasteiger partial charge >= 0.3 is 11.9 Å². The van der Waals surface area contributed by atoms with Crippen LogP contribution >= 0.6 is 0 Å². The molecule has 0 unspecified atom stereocenters. The molecular weight excluding hydrogens is 304 g/mol. The van der Waals surface area contributed by atoms with E-state index in [-0.39, 0.29) is 11.9 Å². The van der Waals surface area contributed by atoms with Gasteiger partial charge in [-0.2, -0.15) is 0 Å². The summed E-state index contributed by atoms with van der Waals surface area (Å²) in [6.45, 7) is 4.95. The second kappa shape index (κ2) is 9.06. The van der Waals surface area contributed by atoms with E-state index in [9.17, 15) is 9.59 Å². The Morgan fingerprint density at radius 3 is 1.62 bits per heavy atom. The molecule has 4 nitrogen and oxygen atoms in total. The van der Waals surface area contributed by atoms with Crippen molar-refractivity contribution in [1.29, 1.82) is 0 Å². The lowest BCUT2D eigenvalue weighted by Crippen LogP contribution is -2.07. The number of fused-ring (bicyclic) bond motifs is 1. The van der Waals surface area contributed by atoms with Crippen molar-refractivity contribution in [1.82, 2.24) is 0 Å². The predicted octanol–water partition coefficient (Wildman–Crippen LogP) is 4.75. The summed E-state index contributed by atoms with van der Waals surface area (Å²) in [6, 6.07) is 10.7. The standard InChI is InChI=1S/C20H24O4/c1-3-5-11-23-19(21)16-9-7-15-8-10-17(14-18(15)13-16)20(22)24-12-6-4-2/h7-10,13-14H,3-6,11-12H2,1-2H3. The minimum Gasteiger partial charge on any atom is -0.462 e. The minimum absolute atomic E-state index is 0.332. The molecule has 0 amide bonds. The van der Waals surface area contributed by atoms with Crippen LogP contribution in [0.3, 0.4) is 0 Å². The van der Waals surface area contributed by atoms with Crippen LogP contribution in [0, 0.1) is 0 Å². The van der Waals surface area contributed by atoms with Crippen molar-refractivity contribution in [3.05, 3.63) is 47.5 Å². The van der Waals surface area contributed by atoms with Gasteiger partial charge in [-0.15, -0.1) is 0 Å². The first-order chi connectivity index (χ1) is 11.7. The monoisotopic (exact) mass is 328 g/mol. The van der Waals surface area contributed by atoms with Gasteiger partial charge in [0.25, 0.3) is 0 Å². The van der Waals surface area contributed by atoms with Crippen molar-refractivity contribution in [2.24, 2.45) is 0 Å². The molecule has 0 N–H and O–H groups in total. The first-order valence-corrected chi connectivity index (χ1v) is 8.53. The van der Waals surface area contributed by atoms with Crippen molar-refractivity contribution in [3.8, 4) is 0 Å². The number of benzene rings is 2. The normalized spacial score (nSPS) is 10.6. The second-order valence-corrected chi connectivity index (χ2v) is 5.76. The Balaban J connectivity index is 2.14. The van der Waals surface area contributed by atoms with Gasteiger partial charge in [-0.3, -0.25) is 0 Å². The fourth-order valence-electron chi connectivity index (χ4n) is 2.29. The summed E-state index contributed by atoms with van der Waals surface area (Å²) in [5.41, 5.74) is 0.991. The largest absolute Gasteiger partial charge is 0.462 e.